The van der Waals surface area contributed by atoms with Gasteiger partial charge in [0.1, 0.15) is 5.82 Å². The zero-order chi connectivity index (χ0) is 18.7. The minimum Gasteiger partial charge on any atom is -0.370 e. The Balaban J connectivity index is 1.85. The van der Waals surface area contributed by atoms with Gasteiger partial charge in [-0.3, -0.25) is 0 Å². The molecular formula is C19H19FN2O3S. The van der Waals surface area contributed by atoms with E-state index in [1.807, 2.05) is 36.4 Å². The summed E-state index contributed by atoms with van der Waals surface area (Å²) in [6, 6.07) is 14.6. The number of hydrogen-bond donors (Lipinski definition) is 0. The lowest BCUT2D eigenvalue weighted by Gasteiger charge is -2.37. The summed E-state index contributed by atoms with van der Waals surface area (Å²) in [5.74, 6) is -0.909. The molecule has 1 fully saturated rings. The van der Waals surface area contributed by atoms with Crippen LogP contribution >= 0.6 is 0 Å². The number of morpholine rings is 1. The van der Waals surface area contributed by atoms with Gasteiger partial charge in [-0.25, -0.2) is 12.8 Å². The van der Waals surface area contributed by atoms with Crippen molar-refractivity contribution < 1.29 is 17.5 Å². The van der Waals surface area contributed by atoms with E-state index in [0.29, 0.717) is 5.56 Å². The Morgan fingerprint density at radius 1 is 1.27 bits per heavy atom. The highest BCUT2D eigenvalue weighted by molar-refractivity contribution is 7.88. The summed E-state index contributed by atoms with van der Waals surface area (Å²) in [5.41, 5.74) is 1.25. The first-order valence-electron chi connectivity index (χ1n) is 8.25. The Hall–Kier alpha value is -2.27. The molecule has 0 aromatic heterocycles. The number of benzene rings is 2. The van der Waals surface area contributed by atoms with E-state index in [1.54, 1.807) is 6.92 Å². The minimum absolute atomic E-state index is 0.0362. The van der Waals surface area contributed by atoms with Crippen LogP contribution in [0.2, 0.25) is 0 Å². The molecule has 0 spiro atoms. The number of nitrogens with zero attached hydrogens (tertiary/aromatic N) is 2. The van der Waals surface area contributed by atoms with Crippen molar-refractivity contribution in [1.29, 1.82) is 5.26 Å². The summed E-state index contributed by atoms with van der Waals surface area (Å²) < 4.78 is 46.4. The molecule has 0 bridgehead atoms. The van der Waals surface area contributed by atoms with Gasteiger partial charge in [0.2, 0.25) is 10.0 Å². The highest BCUT2D eigenvalue weighted by Gasteiger charge is 2.35. The van der Waals surface area contributed by atoms with E-state index in [2.05, 4.69) is 0 Å². The quantitative estimate of drug-likeness (QED) is 0.825. The fraction of sp³-hybridized carbons (Fsp3) is 0.316. The third-order valence-electron chi connectivity index (χ3n) is 4.43. The van der Waals surface area contributed by atoms with Crippen molar-refractivity contribution in [3.8, 4) is 6.07 Å². The Bertz CT molecular complexity index is 926. The molecule has 136 valence electrons. The molecule has 0 amide bonds. The fourth-order valence-corrected chi connectivity index (χ4v) is 4.83. The normalized spacial score (nSPS) is 21.3. The van der Waals surface area contributed by atoms with E-state index in [1.165, 1.54) is 16.4 Å². The van der Waals surface area contributed by atoms with Gasteiger partial charge in [0.05, 0.1) is 30.1 Å². The molecule has 1 heterocycles. The summed E-state index contributed by atoms with van der Waals surface area (Å²) in [7, 11) is -3.69. The van der Waals surface area contributed by atoms with Crippen LogP contribution in [0, 0.1) is 17.1 Å². The maximum absolute atomic E-state index is 13.3. The highest BCUT2D eigenvalue weighted by atomic mass is 32.2. The molecule has 2 aromatic carbocycles. The van der Waals surface area contributed by atoms with Crippen LogP contribution in [0.25, 0.3) is 0 Å². The van der Waals surface area contributed by atoms with Gasteiger partial charge in [-0.2, -0.15) is 9.57 Å². The van der Waals surface area contributed by atoms with E-state index < -0.39 is 15.8 Å². The van der Waals surface area contributed by atoms with Gasteiger partial charge in [0, 0.05) is 12.6 Å². The lowest BCUT2D eigenvalue weighted by molar-refractivity contribution is -0.0289. The van der Waals surface area contributed by atoms with Gasteiger partial charge in [-0.05, 0) is 30.2 Å². The van der Waals surface area contributed by atoms with E-state index in [0.717, 1.165) is 11.6 Å². The van der Waals surface area contributed by atoms with Gasteiger partial charge in [0.15, 0.2) is 0 Å². The largest absolute Gasteiger partial charge is 0.370 e. The first kappa shape index (κ1) is 18.5. The molecule has 1 aliphatic rings. The predicted octanol–water partition coefficient (Wildman–Crippen LogP) is 2.99. The minimum atomic E-state index is -3.69. The molecule has 0 radical (unpaired) electrons. The highest BCUT2D eigenvalue weighted by Crippen LogP contribution is 2.28. The van der Waals surface area contributed by atoms with Crippen LogP contribution in [-0.2, 0) is 20.5 Å². The van der Waals surface area contributed by atoms with Crippen LogP contribution in [0.5, 0.6) is 0 Å². The van der Waals surface area contributed by atoms with Crippen molar-refractivity contribution in [2.45, 2.75) is 24.8 Å². The molecule has 1 saturated heterocycles. The van der Waals surface area contributed by atoms with Crippen molar-refractivity contribution in [2.75, 3.05) is 13.2 Å². The average Bonchev–Trinajstić information content (AvgIpc) is 2.64. The lowest BCUT2D eigenvalue weighted by atomic mass is 10.1. The molecule has 7 heteroatoms. The number of sulfonamides is 1. The third-order valence-corrected chi connectivity index (χ3v) is 6.33. The third kappa shape index (κ3) is 3.93. The van der Waals surface area contributed by atoms with Crippen LogP contribution in [0.1, 0.15) is 29.7 Å². The molecule has 2 atom stereocenters. The SMILES string of the molecule is CC1COC(c2ccccc2)CN1S(=O)(=O)Cc1ccc(F)cc1C#N. The summed E-state index contributed by atoms with van der Waals surface area (Å²) in [6.07, 6.45) is -0.342. The zero-order valence-electron chi connectivity index (χ0n) is 14.3. The Morgan fingerprint density at radius 3 is 2.69 bits per heavy atom. The summed E-state index contributed by atoms with van der Waals surface area (Å²) >= 11 is 0. The number of rotatable bonds is 4. The maximum Gasteiger partial charge on any atom is 0.218 e. The van der Waals surface area contributed by atoms with Crippen LogP contribution in [0.15, 0.2) is 48.5 Å². The van der Waals surface area contributed by atoms with Crippen molar-refractivity contribution in [3.63, 3.8) is 0 Å². The van der Waals surface area contributed by atoms with Crippen LogP contribution < -0.4 is 0 Å². The Labute approximate surface area is 152 Å². The van der Waals surface area contributed by atoms with E-state index in [-0.39, 0.29) is 36.6 Å². The van der Waals surface area contributed by atoms with Gasteiger partial charge >= 0.3 is 0 Å². The molecule has 1 aliphatic heterocycles. The van der Waals surface area contributed by atoms with Crippen molar-refractivity contribution in [3.05, 3.63) is 71.0 Å². The molecule has 26 heavy (non-hydrogen) atoms. The molecule has 2 unspecified atom stereocenters. The molecule has 3 rings (SSSR count). The summed E-state index contributed by atoms with van der Waals surface area (Å²) in [4.78, 5) is 0. The average molecular weight is 374 g/mol. The van der Waals surface area contributed by atoms with Gasteiger partial charge < -0.3 is 4.74 Å². The van der Waals surface area contributed by atoms with Gasteiger partial charge in [0.25, 0.3) is 0 Å². The second-order valence-corrected chi connectivity index (χ2v) is 8.24. The first-order valence-corrected chi connectivity index (χ1v) is 9.86. The Morgan fingerprint density at radius 2 is 2.00 bits per heavy atom. The molecular weight excluding hydrogens is 355 g/mol. The topological polar surface area (TPSA) is 70.4 Å². The first-order chi connectivity index (χ1) is 12.4. The monoisotopic (exact) mass is 374 g/mol. The molecule has 0 aliphatic carbocycles. The standard InChI is InChI=1S/C19H19FN2O3S/c1-14-12-25-19(15-5-3-2-4-6-15)11-22(14)26(23,24)13-16-7-8-18(20)9-17(16)10-21/h2-9,14,19H,11-13H2,1H3. The van der Waals surface area contributed by atoms with Crippen LogP contribution in [-0.4, -0.2) is 31.9 Å². The lowest BCUT2D eigenvalue weighted by Crippen LogP contribution is -2.48. The zero-order valence-corrected chi connectivity index (χ0v) is 15.1. The fourth-order valence-electron chi connectivity index (χ4n) is 3.05. The molecule has 0 saturated carbocycles. The van der Waals surface area contributed by atoms with Crippen molar-refractivity contribution >= 4 is 10.0 Å². The second-order valence-electron chi connectivity index (χ2n) is 6.32. The molecule has 5 nitrogen and oxygen atoms in total. The van der Waals surface area contributed by atoms with Crippen molar-refractivity contribution in [2.24, 2.45) is 0 Å². The van der Waals surface area contributed by atoms with Crippen molar-refractivity contribution in [1.82, 2.24) is 4.31 Å². The second kappa shape index (κ2) is 7.54. The number of halogens is 1. The number of ether oxygens (including phenoxy) is 1. The number of nitriles is 1. The predicted molar refractivity (Wildman–Crippen MR) is 95.0 cm³/mol. The van der Waals surface area contributed by atoms with Crippen LogP contribution in [0.4, 0.5) is 4.39 Å². The van der Waals surface area contributed by atoms with Gasteiger partial charge in [-0.15, -0.1) is 0 Å². The number of hydrogen-bond acceptors (Lipinski definition) is 4. The Kier molecular flexibility index (Phi) is 5.37. The van der Waals surface area contributed by atoms with Gasteiger partial charge in [-0.1, -0.05) is 36.4 Å². The van der Waals surface area contributed by atoms with Crippen LogP contribution in [0.3, 0.4) is 0 Å². The smallest absolute Gasteiger partial charge is 0.218 e. The van der Waals surface area contributed by atoms with E-state index in [4.69, 9.17) is 10.00 Å². The molecule has 2 aromatic rings. The van der Waals surface area contributed by atoms with E-state index >= 15 is 0 Å². The summed E-state index contributed by atoms with van der Waals surface area (Å²) in [5, 5.41) is 9.15. The molecule has 0 N–H and O–H groups in total. The maximum atomic E-state index is 13.3. The van der Waals surface area contributed by atoms with E-state index in [9.17, 15) is 12.8 Å². The summed E-state index contributed by atoms with van der Waals surface area (Å²) in [6.45, 7) is 2.28.